The topological polar surface area (TPSA) is 90.0 Å². The highest BCUT2D eigenvalue weighted by atomic mass is 32.2. The van der Waals surface area contributed by atoms with Crippen LogP contribution in [0.5, 0.6) is 0 Å². The molecule has 132 valence electrons. The Bertz CT molecular complexity index is 842. The number of rotatable bonds is 7. The number of aromatic nitrogens is 4. The second-order valence-corrected chi connectivity index (χ2v) is 7.05. The van der Waals surface area contributed by atoms with E-state index in [4.69, 9.17) is 5.11 Å². The zero-order valence-electron chi connectivity index (χ0n) is 14.6. The molecule has 0 aliphatic rings. The minimum atomic E-state index is -0.371. The highest BCUT2D eigenvalue weighted by Crippen LogP contribution is 2.25. The van der Waals surface area contributed by atoms with Gasteiger partial charge in [-0.25, -0.2) is 14.8 Å². The second kappa shape index (κ2) is 7.94. The van der Waals surface area contributed by atoms with Crippen LogP contribution in [0.1, 0.15) is 45.4 Å². The molecule has 0 saturated carbocycles. The molecule has 24 heavy (non-hydrogen) atoms. The number of nitrogens with zero attached hydrogens (tertiary/aromatic N) is 4. The van der Waals surface area contributed by atoms with Gasteiger partial charge in [0.25, 0.3) is 5.56 Å². The highest BCUT2D eigenvalue weighted by molar-refractivity contribution is 7.99. The standard InChI is InChI=1S/C16H24N4O3S/c1-5-7-20-13-11(15(22)19(4)16(20)23)14(24-9-6-8-21)18-12(17-13)10(2)3/h10,21H,5-9H2,1-4H3. The summed E-state index contributed by atoms with van der Waals surface area (Å²) in [5.41, 5.74) is -0.312. The van der Waals surface area contributed by atoms with E-state index in [-0.39, 0.29) is 23.8 Å². The van der Waals surface area contributed by atoms with E-state index in [2.05, 4.69) is 9.97 Å². The summed E-state index contributed by atoms with van der Waals surface area (Å²) in [6.07, 6.45) is 1.38. The molecular weight excluding hydrogens is 328 g/mol. The van der Waals surface area contributed by atoms with E-state index in [0.29, 0.717) is 40.6 Å². The van der Waals surface area contributed by atoms with Crippen LogP contribution in [0.25, 0.3) is 11.0 Å². The number of fused-ring (bicyclic) bond motifs is 1. The average Bonchev–Trinajstić information content (AvgIpc) is 2.56. The van der Waals surface area contributed by atoms with Crippen LogP contribution in [0.4, 0.5) is 0 Å². The van der Waals surface area contributed by atoms with Crippen molar-refractivity contribution in [3.63, 3.8) is 0 Å². The molecule has 0 unspecified atom stereocenters. The minimum Gasteiger partial charge on any atom is -0.396 e. The Morgan fingerprint density at radius 2 is 1.96 bits per heavy atom. The first-order valence-electron chi connectivity index (χ1n) is 8.17. The lowest BCUT2D eigenvalue weighted by atomic mass is 10.2. The molecule has 0 aliphatic carbocycles. The van der Waals surface area contributed by atoms with Crippen molar-refractivity contribution in [2.24, 2.45) is 7.05 Å². The zero-order valence-corrected chi connectivity index (χ0v) is 15.4. The number of hydrogen-bond donors (Lipinski definition) is 1. The molecule has 0 bridgehead atoms. The summed E-state index contributed by atoms with van der Waals surface area (Å²) in [4.78, 5) is 34.2. The highest BCUT2D eigenvalue weighted by Gasteiger charge is 2.19. The Balaban J connectivity index is 2.83. The van der Waals surface area contributed by atoms with Gasteiger partial charge in [0.1, 0.15) is 16.2 Å². The molecule has 2 heterocycles. The van der Waals surface area contributed by atoms with E-state index in [1.807, 2.05) is 20.8 Å². The number of aliphatic hydroxyl groups is 1. The monoisotopic (exact) mass is 352 g/mol. The van der Waals surface area contributed by atoms with Gasteiger partial charge in [-0.1, -0.05) is 20.8 Å². The fourth-order valence-corrected chi connectivity index (χ4v) is 3.32. The van der Waals surface area contributed by atoms with Gasteiger partial charge in [0.2, 0.25) is 0 Å². The molecule has 8 heteroatoms. The van der Waals surface area contributed by atoms with Crippen LogP contribution in [0, 0.1) is 0 Å². The van der Waals surface area contributed by atoms with Crippen molar-refractivity contribution in [2.45, 2.75) is 51.1 Å². The van der Waals surface area contributed by atoms with Crippen LogP contribution < -0.4 is 11.2 Å². The molecule has 1 N–H and O–H groups in total. The molecule has 2 rings (SSSR count). The quantitative estimate of drug-likeness (QED) is 0.461. The third-order valence-electron chi connectivity index (χ3n) is 3.67. The van der Waals surface area contributed by atoms with Gasteiger partial charge in [-0.3, -0.25) is 13.9 Å². The Morgan fingerprint density at radius 1 is 1.25 bits per heavy atom. The lowest BCUT2D eigenvalue weighted by molar-refractivity contribution is 0.296. The van der Waals surface area contributed by atoms with Crippen molar-refractivity contribution in [1.82, 2.24) is 19.1 Å². The minimum absolute atomic E-state index is 0.0841. The summed E-state index contributed by atoms with van der Waals surface area (Å²) in [6.45, 7) is 6.52. The number of aliphatic hydroxyl groups excluding tert-OH is 1. The third kappa shape index (κ3) is 3.54. The maximum atomic E-state index is 12.6. The Morgan fingerprint density at radius 3 is 2.54 bits per heavy atom. The van der Waals surface area contributed by atoms with E-state index >= 15 is 0 Å². The summed E-state index contributed by atoms with van der Waals surface area (Å²) < 4.78 is 2.67. The molecule has 0 aromatic carbocycles. The second-order valence-electron chi connectivity index (χ2n) is 5.96. The first-order chi connectivity index (χ1) is 11.4. The van der Waals surface area contributed by atoms with Gasteiger partial charge in [0.05, 0.1) is 0 Å². The zero-order chi connectivity index (χ0) is 17.9. The van der Waals surface area contributed by atoms with Gasteiger partial charge >= 0.3 is 5.69 Å². The Kier molecular flexibility index (Phi) is 6.17. The SMILES string of the molecule is CCCn1c(=O)n(C)c(=O)c2c(SCCCO)nc(C(C)C)nc21. The average molecular weight is 352 g/mol. The van der Waals surface area contributed by atoms with Crippen molar-refractivity contribution in [3.8, 4) is 0 Å². The summed E-state index contributed by atoms with van der Waals surface area (Å²) >= 11 is 1.42. The molecule has 2 aromatic heterocycles. The molecule has 0 saturated heterocycles. The van der Waals surface area contributed by atoms with Crippen molar-refractivity contribution >= 4 is 22.8 Å². The van der Waals surface area contributed by atoms with Gasteiger partial charge in [-0.2, -0.15) is 0 Å². The van der Waals surface area contributed by atoms with E-state index in [0.717, 1.165) is 11.0 Å². The van der Waals surface area contributed by atoms with Crippen LogP contribution in [0.15, 0.2) is 14.6 Å². The van der Waals surface area contributed by atoms with Crippen LogP contribution in [-0.2, 0) is 13.6 Å². The molecule has 0 fully saturated rings. The molecular formula is C16H24N4O3S. The van der Waals surface area contributed by atoms with Crippen molar-refractivity contribution in [1.29, 1.82) is 0 Å². The molecule has 0 amide bonds. The Labute approximate surface area is 144 Å². The first kappa shape index (κ1) is 18.7. The number of aryl methyl sites for hydroxylation is 1. The predicted octanol–water partition coefficient (Wildman–Crippen LogP) is 1.50. The maximum absolute atomic E-state index is 12.6. The summed E-state index contributed by atoms with van der Waals surface area (Å²) in [7, 11) is 1.48. The van der Waals surface area contributed by atoms with Gasteiger partial charge in [0.15, 0.2) is 5.65 Å². The van der Waals surface area contributed by atoms with Gasteiger partial charge in [0, 0.05) is 31.9 Å². The van der Waals surface area contributed by atoms with Gasteiger partial charge in [-0.15, -0.1) is 11.8 Å². The molecule has 0 atom stereocenters. The van der Waals surface area contributed by atoms with E-state index in [9.17, 15) is 9.59 Å². The van der Waals surface area contributed by atoms with Crippen molar-refractivity contribution in [2.75, 3.05) is 12.4 Å². The van der Waals surface area contributed by atoms with Crippen LogP contribution in [-0.4, -0.2) is 36.6 Å². The van der Waals surface area contributed by atoms with Crippen LogP contribution in [0.2, 0.25) is 0 Å². The van der Waals surface area contributed by atoms with Crippen LogP contribution >= 0.6 is 11.8 Å². The number of thioether (sulfide) groups is 1. The fourth-order valence-electron chi connectivity index (χ4n) is 2.37. The smallest absolute Gasteiger partial charge is 0.332 e. The molecule has 7 nitrogen and oxygen atoms in total. The predicted molar refractivity (Wildman–Crippen MR) is 95.8 cm³/mol. The number of hydrogen-bond acceptors (Lipinski definition) is 6. The third-order valence-corrected chi connectivity index (χ3v) is 4.73. The molecule has 0 aliphatic heterocycles. The maximum Gasteiger partial charge on any atom is 0.332 e. The normalized spacial score (nSPS) is 11.6. The largest absolute Gasteiger partial charge is 0.396 e. The van der Waals surface area contributed by atoms with Crippen LogP contribution in [0.3, 0.4) is 0 Å². The summed E-state index contributed by atoms with van der Waals surface area (Å²) in [6, 6.07) is 0. The molecule has 2 aromatic rings. The van der Waals surface area contributed by atoms with Gasteiger partial charge in [-0.05, 0) is 12.8 Å². The van der Waals surface area contributed by atoms with E-state index in [1.165, 1.54) is 18.8 Å². The summed E-state index contributed by atoms with van der Waals surface area (Å²) in [5, 5.41) is 9.96. The lowest BCUT2D eigenvalue weighted by Crippen LogP contribution is -2.39. The van der Waals surface area contributed by atoms with Gasteiger partial charge < -0.3 is 5.11 Å². The fraction of sp³-hybridized carbons (Fsp3) is 0.625. The van der Waals surface area contributed by atoms with Crippen molar-refractivity contribution in [3.05, 3.63) is 26.7 Å². The first-order valence-corrected chi connectivity index (χ1v) is 9.16. The van der Waals surface area contributed by atoms with Crippen molar-refractivity contribution < 1.29 is 5.11 Å². The summed E-state index contributed by atoms with van der Waals surface area (Å²) in [5.74, 6) is 1.35. The van der Waals surface area contributed by atoms with E-state index < -0.39 is 0 Å². The van der Waals surface area contributed by atoms with E-state index in [1.54, 1.807) is 4.57 Å². The molecule has 0 spiro atoms. The molecule has 0 radical (unpaired) electrons. The Hall–Kier alpha value is -1.67. The lowest BCUT2D eigenvalue weighted by Gasteiger charge is -2.15.